The van der Waals surface area contributed by atoms with Crippen LogP contribution in [-0.4, -0.2) is 24.0 Å². The molecule has 5 heteroatoms. The van der Waals surface area contributed by atoms with E-state index in [-0.39, 0.29) is 6.03 Å². The highest BCUT2D eigenvalue weighted by Gasteiger charge is 2.23. The topological polar surface area (TPSA) is 32.3 Å². The van der Waals surface area contributed by atoms with E-state index in [2.05, 4.69) is 17.4 Å². The van der Waals surface area contributed by atoms with Crippen LogP contribution < -0.4 is 5.32 Å². The van der Waals surface area contributed by atoms with Gasteiger partial charge in [-0.3, -0.25) is 5.32 Å². The summed E-state index contributed by atoms with van der Waals surface area (Å²) >= 11 is 7.51. The van der Waals surface area contributed by atoms with Crippen molar-refractivity contribution in [2.45, 2.75) is 25.2 Å². The number of carbonyl (C=O) groups is 1. The van der Waals surface area contributed by atoms with Crippen molar-refractivity contribution in [1.82, 2.24) is 4.90 Å². The van der Waals surface area contributed by atoms with Gasteiger partial charge in [0.2, 0.25) is 0 Å². The van der Waals surface area contributed by atoms with E-state index in [0.29, 0.717) is 5.92 Å². The van der Waals surface area contributed by atoms with Crippen molar-refractivity contribution >= 4 is 34.0 Å². The van der Waals surface area contributed by atoms with Crippen LogP contribution in [0.2, 0.25) is 5.02 Å². The summed E-state index contributed by atoms with van der Waals surface area (Å²) in [5.74, 6) is 0.383. The molecular weight excluding hydrogens is 316 g/mol. The van der Waals surface area contributed by atoms with Crippen LogP contribution in [0.1, 0.15) is 30.7 Å². The van der Waals surface area contributed by atoms with Crippen LogP contribution in [0.15, 0.2) is 41.8 Å². The van der Waals surface area contributed by atoms with Gasteiger partial charge in [0.05, 0.1) is 5.00 Å². The minimum absolute atomic E-state index is 0.00307. The summed E-state index contributed by atoms with van der Waals surface area (Å²) in [5, 5.41) is 6.61. The van der Waals surface area contributed by atoms with E-state index in [1.807, 2.05) is 34.5 Å². The number of likely N-dealkylation sites (tertiary alicyclic amines) is 1. The lowest BCUT2D eigenvalue weighted by atomic mass is 9.94. The van der Waals surface area contributed by atoms with Crippen LogP contribution >= 0.6 is 22.9 Å². The molecule has 0 radical (unpaired) electrons. The van der Waals surface area contributed by atoms with Crippen LogP contribution in [0.4, 0.5) is 9.80 Å². The Labute approximate surface area is 139 Å². The first kappa shape index (κ1) is 15.4. The Hall–Kier alpha value is -1.52. The number of hydrogen-bond donors (Lipinski definition) is 1. The van der Waals surface area contributed by atoms with E-state index >= 15 is 0 Å². The molecule has 1 aromatic carbocycles. The molecule has 1 atom stereocenters. The molecule has 22 heavy (non-hydrogen) atoms. The molecule has 2 amide bonds. The minimum atomic E-state index is 0.00307. The van der Waals surface area contributed by atoms with Gasteiger partial charge in [0.15, 0.2) is 0 Å². The second kappa shape index (κ2) is 7.16. The Morgan fingerprint density at radius 1 is 1.23 bits per heavy atom. The number of rotatable bonds is 2. The third-order valence-corrected chi connectivity index (χ3v) is 5.09. The van der Waals surface area contributed by atoms with Gasteiger partial charge in [-0.2, -0.15) is 0 Å². The molecule has 1 N–H and O–H groups in total. The second-order valence-corrected chi connectivity index (χ2v) is 6.98. The van der Waals surface area contributed by atoms with Crippen LogP contribution in [0, 0.1) is 0 Å². The minimum Gasteiger partial charge on any atom is -0.324 e. The molecule has 116 valence electrons. The molecular formula is C17H19ClN2OS. The molecule has 0 unspecified atom stereocenters. The summed E-state index contributed by atoms with van der Waals surface area (Å²) in [4.78, 5) is 14.4. The maximum atomic E-state index is 12.4. The first-order chi connectivity index (χ1) is 10.7. The van der Waals surface area contributed by atoms with E-state index < -0.39 is 0 Å². The predicted octanol–water partition coefficient (Wildman–Crippen LogP) is 5.20. The summed E-state index contributed by atoms with van der Waals surface area (Å²) < 4.78 is 0. The van der Waals surface area contributed by atoms with Gasteiger partial charge < -0.3 is 4.90 Å². The van der Waals surface area contributed by atoms with Gasteiger partial charge >= 0.3 is 6.03 Å². The number of nitrogens with zero attached hydrogens (tertiary/aromatic N) is 1. The van der Waals surface area contributed by atoms with Gasteiger partial charge in [-0.25, -0.2) is 4.79 Å². The quantitative estimate of drug-likeness (QED) is 0.804. The lowest BCUT2D eigenvalue weighted by Crippen LogP contribution is -2.37. The molecule has 0 saturated carbocycles. The Bertz CT molecular complexity index is 612. The highest BCUT2D eigenvalue weighted by atomic mass is 35.5. The fraction of sp³-hybridized carbons (Fsp3) is 0.353. The largest absolute Gasteiger partial charge is 0.324 e. The van der Waals surface area contributed by atoms with E-state index in [4.69, 9.17) is 11.6 Å². The number of carbonyl (C=O) groups excluding carboxylic acids is 1. The summed E-state index contributed by atoms with van der Waals surface area (Å²) in [6, 6.07) is 11.9. The molecule has 0 bridgehead atoms. The number of nitrogens with one attached hydrogen (secondary N) is 1. The number of amides is 2. The van der Waals surface area contributed by atoms with Crippen molar-refractivity contribution in [2.24, 2.45) is 0 Å². The molecule has 1 aromatic heterocycles. The third kappa shape index (κ3) is 3.81. The summed E-state index contributed by atoms with van der Waals surface area (Å²) in [5.41, 5.74) is 1.26. The predicted molar refractivity (Wildman–Crippen MR) is 93.0 cm³/mol. The lowest BCUT2D eigenvalue weighted by molar-refractivity contribution is 0.211. The van der Waals surface area contributed by atoms with E-state index in [1.54, 1.807) is 11.3 Å². The van der Waals surface area contributed by atoms with Gasteiger partial charge in [0.25, 0.3) is 0 Å². The average molecular weight is 335 g/mol. The Morgan fingerprint density at radius 2 is 2.05 bits per heavy atom. The zero-order valence-electron chi connectivity index (χ0n) is 12.3. The monoisotopic (exact) mass is 334 g/mol. The Morgan fingerprint density at radius 3 is 2.77 bits per heavy atom. The lowest BCUT2D eigenvalue weighted by Gasteiger charge is -2.25. The van der Waals surface area contributed by atoms with Gasteiger partial charge in [-0.1, -0.05) is 30.2 Å². The third-order valence-electron chi connectivity index (χ3n) is 4.05. The summed E-state index contributed by atoms with van der Waals surface area (Å²) in [7, 11) is 0. The van der Waals surface area contributed by atoms with Crippen molar-refractivity contribution < 1.29 is 4.79 Å². The highest BCUT2D eigenvalue weighted by Crippen LogP contribution is 2.28. The van der Waals surface area contributed by atoms with E-state index in [1.165, 1.54) is 5.56 Å². The number of anilines is 1. The van der Waals surface area contributed by atoms with Crippen molar-refractivity contribution in [3.05, 3.63) is 52.4 Å². The fourth-order valence-corrected chi connectivity index (χ4v) is 3.60. The SMILES string of the molecule is O=C(Nc1cccs1)N1CCCC[C@H](c2ccc(Cl)cc2)C1. The number of thiophene rings is 1. The van der Waals surface area contributed by atoms with Crippen molar-refractivity contribution in [3.8, 4) is 0 Å². The molecule has 3 rings (SSSR count). The molecule has 0 aliphatic carbocycles. The fourth-order valence-electron chi connectivity index (χ4n) is 2.87. The average Bonchev–Trinajstić information content (AvgIpc) is 2.90. The maximum absolute atomic E-state index is 12.4. The number of benzene rings is 1. The first-order valence-corrected chi connectivity index (χ1v) is 8.83. The normalized spacial score (nSPS) is 18.8. The Balaban J connectivity index is 1.69. The van der Waals surface area contributed by atoms with Crippen LogP contribution in [0.3, 0.4) is 0 Å². The highest BCUT2D eigenvalue weighted by molar-refractivity contribution is 7.14. The van der Waals surface area contributed by atoms with Gasteiger partial charge in [0, 0.05) is 24.0 Å². The maximum Gasteiger partial charge on any atom is 0.322 e. The molecule has 3 nitrogen and oxygen atoms in total. The van der Waals surface area contributed by atoms with Crippen molar-refractivity contribution in [3.63, 3.8) is 0 Å². The van der Waals surface area contributed by atoms with Crippen LogP contribution in [0.5, 0.6) is 0 Å². The van der Waals surface area contributed by atoms with Gasteiger partial charge in [0.1, 0.15) is 0 Å². The zero-order valence-corrected chi connectivity index (χ0v) is 13.9. The van der Waals surface area contributed by atoms with Gasteiger partial charge in [-0.15, -0.1) is 11.3 Å². The number of halogens is 1. The summed E-state index contributed by atoms with van der Waals surface area (Å²) in [6.07, 6.45) is 3.32. The van der Waals surface area contributed by atoms with Crippen molar-refractivity contribution in [1.29, 1.82) is 0 Å². The van der Waals surface area contributed by atoms with Crippen LogP contribution in [-0.2, 0) is 0 Å². The molecule has 2 aromatic rings. The zero-order chi connectivity index (χ0) is 15.4. The number of hydrogen-bond acceptors (Lipinski definition) is 2. The molecule has 2 heterocycles. The number of urea groups is 1. The van der Waals surface area contributed by atoms with E-state index in [0.717, 1.165) is 42.4 Å². The Kier molecular flexibility index (Phi) is 5.01. The smallest absolute Gasteiger partial charge is 0.322 e. The molecule has 1 saturated heterocycles. The first-order valence-electron chi connectivity index (χ1n) is 7.57. The molecule has 1 aliphatic rings. The van der Waals surface area contributed by atoms with E-state index in [9.17, 15) is 4.79 Å². The standard InChI is InChI=1S/C17H19ClN2OS/c18-15-8-6-13(7-9-15)14-4-1-2-10-20(12-14)17(21)19-16-5-3-11-22-16/h3,5-9,11,14H,1-2,4,10,12H2,(H,19,21)/t14-/m0/s1. The summed E-state index contributed by atoms with van der Waals surface area (Å²) in [6.45, 7) is 1.58. The van der Waals surface area contributed by atoms with Crippen LogP contribution in [0.25, 0.3) is 0 Å². The molecule has 0 spiro atoms. The van der Waals surface area contributed by atoms with Crippen molar-refractivity contribution in [2.75, 3.05) is 18.4 Å². The molecule has 1 fully saturated rings. The second-order valence-electron chi connectivity index (χ2n) is 5.60. The van der Waals surface area contributed by atoms with Gasteiger partial charge in [-0.05, 0) is 48.1 Å². The molecule has 1 aliphatic heterocycles.